The fraction of sp³-hybridized carbons (Fsp3) is 0.958. The highest BCUT2D eigenvalue weighted by molar-refractivity contribution is 7.39. The lowest BCUT2D eigenvalue weighted by Crippen LogP contribution is -2.24. The quantitative estimate of drug-likeness (QED) is 0.128. The SMILES string of the molecule is CCCCCCCCCCCCO[PH](=O)CC(CC1CCCCC1)C(=O)OCC. The smallest absolute Gasteiger partial charge is 0.309 e. The van der Waals surface area contributed by atoms with Crippen LogP contribution < -0.4 is 0 Å². The van der Waals surface area contributed by atoms with Crippen LogP contribution in [-0.2, 0) is 18.6 Å². The van der Waals surface area contributed by atoms with Crippen LogP contribution in [0.4, 0.5) is 0 Å². The van der Waals surface area contributed by atoms with Crippen molar-refractivity contribution in [2.45, 2.75) is 117 Å². The van der Waals surface area contributed by atoms with E-state index in [1.54, 1.807) is 0 Å². The number of carbonyl (C=O) groups excluding carboxylic acids is 1. The summed E-state index contributed by atoms with van der Waals surface area (Å²) in [6, 6.07) is 0. The van der Waals surface area contributed by atoms with Gasteiger partial charge in [-0.15, -0.1) is 0 Å². The Hall–Kier alpha value is -0.340. The third-order valence-electron chi connectivity index (χ3n) is 6.14. The molecule has 0 bridgehead atoms. The normalized spacial score (nSPS) is 17.2. The summed E-state index contributed by atoms with van der Waals surface area (Å²) in [5.74, 6) is 0.144. The lowest BCUT2D eigenvalue weighted by atomic mass is 9.83. The van der Waals surface area contributed by atoms with Gasteiger partial charge in [-0.1, -0.05) is 96.8 Å². The molecule has 0 spiro atoms. The van der Waals surface area contributed by atoms with Crippen LogP contribution >= 0.6 is 8.03 Å². The van der Waals surface area contributed by atoms with Crippen molar-refractivity contribution in [3.63, 3.8) is 0 Å². The monoisotopic (exact) mass is 430 g/mol. The minimum atomic E-state index is -2.16. The van der Waals surface area contributed by atoms with Gasteiger partial charge in [-0.05, 0) is 25.7 Å². The molecule has 1 rings (SSSR count). The van der Waals surface area contributed by atoms with Crippen molar-refractivity contribution in [3.8, 4) is 0 Å². The van der Waals surface area contributed by atoms with E-state index in [0.29, 0.717) is 25.3 Å². The topological polar surface area (TPSA) is 52.6 Å². The van der Waals surface area contributed by atoms with Crippen LogP contribution in [0.2, 0.25) is 0 Å². The zero-order valence-electron chi connectivity index (χ0n) is 19.2. The second-order valence-electron chi connectivity index (χ2n) is 8.80. The van der Waals surface area contributed by atoms with Crippen molar-refractivity contribution in [1.82, 2.24) is 0 Å². The van der Waals surface area contributed by atoms with Crippen LogP contribution in [0.1, 0.15) is 117 Å². The molecule has 0 aliphatic heterocycles. The first kappa shape index (κ1) is 26.7. The Morgan fingerprint density at radius 3 is 2.07 bits per heavy atom. The van der Waals surface area contributed by atoms with Crippen LogP contribution in [0, 0.1) is 11.8 Å². The van der Waals surface area contributed by atoms with Gasteiger partial charge < -0.3 is 9.26 Å². The van der Waals surface area contributed by atoms with E-state index < -0.39 is 8.03 Å². The molecule has 0 aromatic carbocycles. The maximum atomic E-state index is 12.4. The van der Waals surface area contributed by atoms with Gasteiger partial charge in [0.15, 0.2) is 8.03 Å². The van der Waals surface area contributed by atoms with Gasteiger partial charge in [0, 0.05) is 6.16 Å². The second-order valence-corrected chi connectivity index (χ2v) is 10.2. The van der Waals surface area contributed by atoms with Crippen molar-refractivity contribution in [3.05, 3.63) is 0 Å². The first-order chi connectivity index (χ1) is 14.2. The van der Waals surface area contributed by atoms with Crippen molar-refractivity contribution in [1.29, 1.82) is 0 Å². The average molecular weight is 431 g/mol. The molecule has 172 valence electrons. The van der Waals surface area contributed by atoms with Crippen molar-refractivity contribution < 1.29 is 18.6 Å². The van der Waals surface area contributed by atoms with E-state index >= 15 is 0 Å². The summed E-state index contributed by atoms with van der Waals surface area (Å²) in [6.45, 7) is 5.04. The highest BCUT2D eigenvalue weighted by Gasteiger charge is 2.27. The molecule has 1 saturated carbocycles. The number of ether oxygens (including phenoxy) is 1. The summed E-state index contributed by atoms with van der Waals surface area (Å²) in [5.41, 5.74) is 0. The molecule has 5 heteroatoms. The van der Waals surface area contributed by atoms with Gasteiger partial charge in [0.05, 0.1) is 19.1 Å². The van der Waals surface area contributed by atoms with Crippen LogP contribution in [0.15, 0.2) is 0 Å². The van der Waals surface area contributed by atoms with E-state index in [9.17, 15) is 9.36 Å². The highest BCUT2D eigenvalue weighted by atomic mass is 31.1. The standard InChI is InChI=1S/C24H47O4P/c1-3-5-6-7-8-9-10-11-12-16-19-28-29(26)21-23(24(25)27-4-2)20-22-17-14-13-15-18-22/h22-23,29H,3-21H2,1-2H3. The number of hydrogen-bond donors (Lipinski definition) is 0. The summed E-state index contributed by atoms with van der Waals surface area (Å²) >= 11 is 0. The average Bonchev–Trinajstić information content (AvgIpc) is 2.72. The van der Waals surface area contributed by atoms with E-state index in [1.807, 2.05) is 6.92 Å². The molecule has 0 N–H and O–H groups in total. The van der Waals surface area contributed by atoms with Crippen molar-refractivity contribution in [2.24, 2.45) is 11.8 Å². The molecule has 0 saturated heterocycles. The Morgan fingerprint density at radius 1 is 0.897 bits per heavy atom. The summed E-state index contributed by atoms with van der Waals surface area (Å²) < 4.78 is 23.3. The van der Waals surface area contributed by atoms with Crippen LogP contribution in [-0.4, -0.2) is 25.3 Å². The number of unbranched alkanes of at least 4 members (excludes halogenated alkanes) is 9. The van der Waals surface area contributed by atoms with E-state index in [0.717, 1.165) is 19.3 Å². The van der Waals surface area contributed by atoms with Crippen LogP contribution in [0.5, 0.6) is 0 Å². The summed E-state index contributed by atoms with van der Waals surface area (Å²) in [5, 5.41) is 0. The Morgan fingerprint density at radius 2 is 1.48 bits per heavy atom. The second kappa shape index (κ2) is 18.4. The molecule has 0 aromatic heterocycles. The van der Waals surface area contributed by atoms with Crippen LogP contribution in [0.3, 0.4) is 0 Å². The molecule has 0 aromatic rings. The highest BCUT2D eigenvalue weighted by Crippen LogP contribution is 2.34. The largest absolute Gasteiger partial charge is 0.466 e. The van der Waals surface area contributed by atoms with Crippen molar-refractivity contribution in [2.75, 3.05) is 19.4 Å². The Bertz CT molecular complexity index is 421. The summed E-state index contributed by atoms with van der Waals surface area (Å²) in [7, 11) is -2.16. The minimum Gasteiger partial charge on any atom is -0.466 e. The summed E-state index contributed by atoms with van der Waals surface area (Å²) in [6.07, 6.45) is 20.2. The summed E-state index contributed by atoms with van der Waals surface area (Å²) in [4.78, 5) is 12.3. The first-order valence-corrected chi connectivity index (χ1v) is 14.0. The van der Waals surface area contributed by atoms with Gasteiger partial charge in [0.2, 0.25) is 0 Å². The molecule has 4 nitrogen and oxygen atoms in total. The van der Waals surface area contributed by atoms with Gasteiger partial charge >= 0.3 is 5.97 Å². The maximum Gasteiger partial charge on any atom is 0.309 e. The lowest BCUT2D eigenvalue weighted by molar-refractivity contribution is -0.148. The van der Waals surface area contributed by atoms with E-state index in [-0.39, 0.29) is 11.9 Å². The Kier molecular flexibility index (Phi) is 17.0. The van der Waals surface area contributed by atoms with E-state index in [4.69, 9.17) is 9.26 Å². The molecule has 0 radical (unpaired) electrons. The van der Waals surface area contributed by atoms with Crippen LogP contribution in [0.25, 0.3) is 0 Å². The van der Waals surface area contributed by atoms with Gasteiger partial charge in [0.25, 0.3) is 0 Å². The fourth-order valence-electron chi connectivity index (χ4n) is 4.38. The molecule has 1 aliphatic rings. The molecule has 1 aliphatic carbocycles. The molecular formula is C24H47O4P. The fourth-order valence-corrected chi connectivity index (χ4v) is 5.61. The molecule has 29 heavy (non-hydrogen) atoms. The maximum absolute atomic E-state index is 12.4. The molecule has 1 fully saturated rings. The van der Waals surface area contributed by atoms with Gasteiger partial charge in [-0.25, -0.2) is 0 Å². The lowest BCUT2D eigenvalue weighted by Gasteiger charge is -2.25. The van der Waals surface area contributed by atoms with Gasteiger partial charge in [0.1, 0.15) is 0 Å². The number of rotatable bonds is 18. The molecule has 0 heterocycles. The Labute approximate surface area is 180 Å². The third kappa shape index (κ3) is 14.3. The van der Waals surface area contributed by atoms with E-state index in [1.165, 1.54) is 83.5 Å². The predicted molar refractivity (Wildman–Crippen MR) is 123 cm³/mol. The van der Waals surface area contributed by atoms with Crippen molar-refractivity contribution >= 4 is 14.0 Å². The number of esters is 1. The van der Waals surface area contributed by atoms with E-state index in [2.05, 4.69) is 6.92 Å². The third-order valence-corrected chi connectivity index (χ3v) is 7.49. The molecular weight excluding hydrogens is 383 g/mol. The number of carbonyl (C=O) groups is 1. The number of hydrogen-bond acceptors (Lipinski definition) is 4. The predicted octanol–water partition coefficient (Wildman–Crippen LogP) is 7.55. The zero-order valence-corrected chi connectivity index (χ0v) is 20.2. The molecule has 2 unspecified atom stereocenters. The zero-order chi connectivity index (χ0) is 21.2. The minimum absolute atomic E-state index is 0.182. The van der Waals surface area contributed by atoms with Gasteiger partial charge in [-0.3, -0.25) is 9.36 Å². The molecule has 0 amide bonds. The molecule has 2 atom stereocenters. The first-order valence-electron chi connectivity index (χ1n) is 12.5. The van der Waals surface area contributed by atoms with Gasteiger partial charge in [-0.2, -0.15) is 0 Å². The Balaban J connectivity index is 2.13.